The smallest absolute Gasteiger partial charge is 0.223 e. The number of rotatable bonds is 10. The van der Waals surface area contributed by atoms with Crippen LogP contribution in [0.5, 0.6) is 5.88 Å². The second kappa shape index (κ2) is 10.3. The third-order valence-electron chi connectivity index (χ3n) is 5.40. The van der Waals surface area contributed by atoms with Crippen molar-refractivity contribution in [3.8, 4) is 5.88 Å². The van der Waals surface area contributed by atoms with Crippen molar-refractivity contribution in [2.75, 3.05) is 12.9 Å². The number of allylic oxidation sites excluding steroid dienone is 2. The van der Waals surface area contributed by atoms with E-state index in [0.717, 1.165) is 30.4 Å². The molecule has 0 saturated heterocycles. The fraction of sp³-hybridized carbons (Fsp3) is 0.500. The van der Waals surface area contributed by atoms with Gasteiger partial charge >= 0.3 is 0 Å². The Kier molecular flexibility index (Phi) is 8.23. The highest BCUT2D eigenvalue weighted by Crippen LogP contribution is 2.33. The SMILES string of the molecule is CCCCOc1c(C(=O)c2ccc(S(C)(=O)=O)c(C(C)=C(C)C)c2C)cnn1CCC. The van der Waals surface area contributed by atoms with Crippen LogP contribution in [0.3, 0.4) is 0 Å². The van der Waals surface area contributed by atoms with Crippen LogP contribution >= 0.6 is 0 Å². The predicted molar refractivity (Wildman–Crippen MR) is 125 cm³/mol. The minimum atomic E-state index is -3.45. The number of nitrogens with zero attached hydrogens (tertiary/aromatic N) is 2. The summed E-state index contributed by atoms with van der Waals surface area (Å²) < 4.78 is 32.5. The third kappa shape index (κ3) is 5.45. The Bertz CT molecular complexity index is 1090. The predicted octanol–water partition coefficient (Wildman–Crippen LogP) is 5.23. The summed E-state index contributed by atoms with van der Waals surface area (Å²) in [7, 11) is -3.45. The van der Waals surface area contributed by atoms with Crippen LogP contribution in [-0.4, -0.2) is 36.8 Å². The van der Waals surface area contributed by atoms with Gasteiger partial charge in [0.1, 0.15) is 5.56 Å². The molecule has 1 aromatic carbocycles. The molecule has 0 aliphatic heterocycles. The lowest BCUT2D eigenvalue weighted by atomic mass is 9.91. The first-order valence-electron chi connectivity index (χ1n) is 10.8. The lowest BCUT2D eigenvalue weighted by Gasteiger charge is -2.17. The molecule has 0 unspecified atom stereocenters. The van der Waals surface area contributed by atoms with E-state index in [4.69, 9.17) is 4.74 Å². The fourth-order valence-corrected chi connectivity index (χ4v) is 4.46. The van der Waals surface area contributed by atoms with Crippen molar-refractivity contribution >= 4 is 21.2 Å². The maximum Gasteiger partial charge on any atom is 0.223 e. The quantitative estimate of drug-likeness (QED) is 0.369. The molecular weight excluding hydrogens is 412 g/mol. The number of ether oxygens (including phenoxy) is 1. The van der Waals surface area contributed by atoms with Crippen molar-refractivity contribution in [3.63, 3.8) is 0 Å². The number of hydrogen-bond acceptors (Lipinski definition) is 5. The van der Waals surface area contributed by atoms with E-state index in [1.807, 2.05) is 27.7 Å². The summed E-state index contributed by atoms with van der Waals surface area (Å²) in [5, 5.41) is 4.37. The summed E-state index contributed by atoms with van der Waals surface area (Å²) in [5.41, 5.74) is 3.96. The Morgan fingerprint density at radius 3 is 2.32 bits per heavy atom. The average molecular weight is 447 g/mol. The molecule has 0 N–H and O–H groups in total. The lowest BCUT2D eigenvalue weighted by Crippen LogP contribution is -2.12. The van der Waals surface area contributed by atoms with Gasteiger partial charge in [0, 0.05) is 18.4 Å². The van der Waals surface area contributed by atoms with Crippen molar-refractivity contribution in [3.05, 3.63) is 46.2 Å². The largest absolute Gasteiger partial charge is 0.477 e. The summed E-state index contributed by atoms with van der Waals surface area (Å²) in [6.07, 6.45) is 5.49. The van der Waals surface area contributed by atoms with E-state index in [9.17, 15) is 13.2 Å². The normalized spacial score (nSPS) is 11.5. The molecule has 0 fully saturated rings. The number of unbranched alkanes of at least 4 members (excludes halogenated alkanes) is 1. The number of aryl methyl sites for hydroxylation is 1. The van der Waals surface area contributed by atoms with Crippen molar-refractivity contribution in [1.82, 2.24) is 9.78 Å². The molecule has 1 aromatic heterocycles. The Hall–Kier alpha value is -2.41. The van der Waals surface area contributed by atoms with E-state index < -0.39 is 9.84 Å². The third-order valence-corrected chi connectivity index (χ3v) is 6.54. The number of sulfone groups is 1. The Labute approximate surface area is 186 Å². The van der Waals surface area contributed by atoms with Gasteiger partial charge in [-0.1, -0.05) is 25.8 Å². The number of carbonyl (C=O) groups is 1. The molecule has 0 radical (unpaired) electrons. The van der Waals surface area contributed by atoms with Crippen LogP contribution in [0.25, 0.3) is 5.57 Å². The monoisotopic (exact) mass is 446 g/mol. The number of aromatic nitrogens is 2. The molecule has 170 valence electrons. The number of ketones is 1. The van der Waals surface area contributed by atoms with Gasteiger partial charge in [0.25, 0.3) is 0 Å². The van der Waals surface area contributed by atoms with Gasteiger partial charge in [-0.3, -0.25) is 4.79 Å². The highest BCUT2D eigenvalue weighted by Gasteiger charge is 2.26. The van der Waals surface area contributed by atoms with Gasteiger partial charge in [-0.05, 0) is 69.4 Å². The van der Waals surface area contributed by atoms with Gasteiger partial charge in [0.05, 0.1) is 17.7 Å². The molecule has 2 rings (SSSR count). The summed E-state index contributed by atoms with van der Waals surface area (Å²) in [4.78, 5) is 13.8. The number of carbonyl (C=O) groups excluding carboxylic acids is 1. The summed E-state index contributed by atoms with van der Waals surface area (Å²) >= 11 is 0. The van der Waals surface area contributed by atoms with Gasteiger partial charge in [0.2, 0.25) is 5.88 Å². The molecule has 0 amide bonds. The highest BCUT2D eigenvalue weighted by atomic mass is 32.2. The molecule has 1 heterocycles. The second-order valence-electron chi connectivity index (χ2n) is 8.13. The molecular formula is C24H34N2O4S. The topological polar surface area (TPSA) is 78.3 Å². The van der Waals surface area contributed by atoms with Crippen LogP contribution in [-0.2, 0) is 16.4 Å². The van der Waals surface area contributed by atoms with Crippen molar-refractivity contribution in [2.45, 2.75) is 72.2 Å². The van der Waals surface area contributed by atoms with E-state index in [-0.39, 0.29) is 10.7 Å². The van der Waals surface area contributed by atoms with Crippen LogP contribution < -0.4 is 4.74 Å². The fourth-order valence-electron chi connectivity index (χ4n) is 3.47. The first-order chi connectivity index (χ1) is 14.5. The van der Waals surface area contributed by atoms with Gasteiger partial charge in [0.15, 0.2) is 15.6 Å². The number of hydrogen-bond donors (Lipinski definition) is 0. The van der Waals surface area contributed by atoms with E-state index >= 15 is 0 Å². The van der Waals surface area contributed by atoms with Crippen LogP contribution in [0.2, 0.25) is 0 Å². The van der Waals surface area contributed by atoms with Crippen LogP contribution in [0, 0.1) is 6.92 Å². The Balaban J connectivity index is 2.66. The molecule has 0 aliphatic carbocycles. The first-order valence-corrected chi connectivity index (χ1v) is 12.6. The first kappa shape index (κ1) is 24.9. The highest BCUT2D eigenvalue weighted by molar-refractivity contribution is 7.90. The molecule has 2 aromatic rings. The van der Waals surface area contributed by atoms with Crippen LogP contribution in [0.1, 0.15) is 80.9 Å². The van der Waals surface area contributed by atoms with E-state index in [2.05, 4.69) is 12.0 Å². The maximum atomic E-state index is 13.5. The minimum Gasteiger partial charge on any atom is -0.477 e. The molecule has 0 spiro atoms. The molecule has 6 nitrogen and oxygen atoms in total. The van der Waals surface area contributed by atoms with Gasteiger partial charge in [-0.25, -0.2) is 13.1 Å². The maximum absolute atomic E-state index is 13.5. The Morgan fingerprint density at radius 1 is 1.10 bits per heavy atom. The zero-order valence-electron chi connectivity index (χ0n) is 19.7. The van der Waals surface area contributed by atoms with Gasteiger partial charge in [-0.2, -0.15) is 5.10 Å². The molecule has 0 saturated carbocycles. The van der Waals surface area contributed by atoms with E-state index in [1.54, 1.807) is 23.9 Å². The van der Waals surface area contributed by atoms with Gasteiger partial charge in [-0.15, -0.1) is 0 Å². The zero-order valence-corrected chi connectivity index (χ0v) is 20.5. The number of benzene rings is 1. The van der Waals surface area contributed by atoms with Gasteiger partial charge < -0.3 is 4.74 Å². The second-order valence-corrected chi connectivity index (χ2v) is 10.1. The average Bonchev–Trinajstić information content (AvgIpc) is 3.09. The van der Waals surface area contributed by atoms with Crippen LogP contribution in [0.15, 0.2) is 28.8 Å². The standard InChI is InChI=1S/C24H34N2O4S/c1-8-10-14-30-24-20(15-25-26(24)13-9-2)23(27)19-11-12-21(31(7,28)29)22(18(19)6)17(5)16(3)4/h11-12,15H,8-10,13-14H2,1-7H3. The van der Waals surface area contributed by atoms with Crippen molar-refractivity contribution < 1.29 is 17.9 Å². The minimum absolute atomic E-state index is 0.214. The summed E-state index contributed by atoms with van der Waals surface area (Å²) in [5.74, 6) is 0.265. The summed E-state index contributed by atoms with van der Waals surface area (Å²) in [6, 6.07) is 3.13. The molecule has 0 bridgehead atoms. The molecule has 7 heteroatoms. The Morgan fingerprint density at radius 2 is 1.77 bits per heavy atom. The van der Waals surface area contributed by atoms with Crippen molar-refractivity contribution in [2.24, 2.45) is 0 Å². The van der Waals surface area contributed by atoms with Crippen LogP contribution in [0.4, 0.5) is 0 Å². The van der Waals surface area contributed by atoms with E-state index in [1.165, 1.54) is 12.3 Å². The zero-order chi connectivity index (χ0) is 23.3. The van der Waals surface area contributed by atoms with Crippen molar-refractivity contribution in [1.29, 1.82) is 0 Å². The molecule has 0 atom stereocenters. The summed E-state index contributed by atoms with van der Waals surface area (Å²) in [6.45, 7) is 12.9. The lowest BCUT2D eigenvalue weighted by molar-refractivity contribution is 0.103. The van der Waals surface area contributed by atoms with E-state index in [0.29, 0.717) is 41.3 Å². The molecule has 0 aliphatic rings. The molecule has 31 heavy (non-hydrogen) atoms.